The fourth-order valence-corrected chi connectivity index (χ4v) is 16.3. The average Bonchev–Trinajstić information content (AvgIpc) is 3.35. The molecule has 0 aliphatic heterocycles. The zero-order chi connectivity index (χ0) is 43.2. The molecule has 16 rings (SSSR count). The molecule has 0 atom stereocenters. The Hall–Kier alpha value is -7.02. The second kappa shape index (κ2) is 13.3. The summed E-state index contributed by atoms with van der Waals surface area (Å²) in [6, 6.07) is 76.0. The van der Waals surface area contributed by atoms with Gasteiger partial charge in [0.25, 0.3) is 0 Å². The minimum Gasteiger partial charge on any atom is -0.0836 e. The van der Waals surface area contributed by atoms with Crippen molar-refractivity contribution in [2.75, 3.05) is 0 Å². The van der Waals surface area contributed by atoms with E-state index < -0.39 is 0 Å². The Morgan fingerprint density at radius 3 is 0.848 bits per heavy atom. The maximum Gasteiger partial charge on any atom is -0.000922 e. The third kappa shape index (κ3) is 5.00. The molecule has 0 radical (unpaired) electrons. The first-order valence-corrected chi connectivity index (χ1v) is 24.5. The van der Waals surface area contributed by atoms with E-state index in [0.29, 0.717) is 0 Å². The fraction of sp³-hybridized carbons (Fsp3) is 0.182. The molecule has 11 aromatic rings. The first-order chi connectivity index (χ1) is 32.5. The van der Waals surface area contributed by atoms with E-state index in [1.54, 1.807) is 22.3 Å². The fourth-order valence-electron chi connectivity index (χ4n) is 16.3. The SMILES string of the molecule is C1=Cc2c(cc3ccccc3c2C23CC4(c5c6ccccc6cc6ccccc56)CC(c5c6ccccc6cc6ccccc56)(C2)CC(c2c5ccccc5cc5ccccc25)(C3)C4)CC1. The second-order valence-electron chi connectivity index (χ2n) is 21.3. The lowest BCUT2D eigenvalue weighted by Crippen LogP contribution is -2.67. The molecular formula is C66H50. The monoisotopic (exact) mass is 842 g/mol. The molecule has 0 N–H and O–H groups in total. The van der Waals surface area contributed by atoms with Crippen LogP contribution < -0.4 is 0 Å². The van der Waals surface area contributed by atoms with Gasteiger partial charge in [-0.3, -0.25) is 0 Å². The molecule has 66 heavy (non-hydrogen) atoms. The Balaban J connectivity index is 1.18. The first-order valence-electron chi connectivity index (χ1n) is 24.5. The van der Waals surface area contributed by atoms with Gasteiger partial charge in [0.2, 0.25) is 0 Å². The van der Waals surface area contributed by atoms with E-state index in [2.05, 4.69) is 206 Å². The smallest absolute Gasteiger partial charge is 0.000922 e. The molecule has 5 aliphatic carbocycles. The van der Waals surface area contributed by atoms with Gasteiger partial charge in [-0.05, 0) is 200 Å². The molecule has 4 bridgehead atoms. The van der Waals surface area contributed by atoms with Gasteiger partial charge in [-0.1, -0.05) is 188 Å². The third-order valence-electron chi connectivity index (χ3n) is 17.5. The highest BCUT2D eigenvalue weighted by atomic mass is 14.7. The van der Waals surface area contributed by atoms with Crippen LogP contribution in [0.1, 0.15) is 78.3 Å². The van der Waals surface area contributed by atoms with Gasteiger partial charge in [-0.2, -0.15) is 0 Å². The maximum absolute atomic E-state index is 2.55. The zero-order valence-electron chi connectivity index (χ0n) is 37.3. The first kappa shape index (κ1) is 37.2. The molecule has 0 saturated heterocycles. The summed E-state index contributed by atoms with van der Waals surface area (Å²) in [5, 5.41) is 19.6. The lowest BCUT2D eigenvalue weighted by atomic mass is 9.31. The molecule has 0 amide bonds. The molecule has 0 spiro atoms. The van der Waals surface area contributed by atoms with Crippen molar-refractivity contribution < 1.29 is 0 Å². The molecule has 0 aromatic heterocycles. The summed E-state index contributed by atoms with van der Waals surface area (Å²) in [5.74, 6) is 0. The lowest BCUT2D eigenvalue weighted by molar-refractivity contribution is -0.0655. The number of allylic oxidation sites excluding steroid dienone is 1. The molecular weight excluding hydrogens is 793 g/mol. The van der Waals surface area contributed by atoms with Crippen LogP contribution in [0.5, 0.6) is 0 Å². The van der Waals surface area contributed by atoms with Crippen LogP contribution in [-0.4, -0.2) is 0 Å². The molecule has 0 unspecified atom stereocenters. The number of hydrogen-bond acceptors (Lipinski definition) is 0. The summed E-state index contributed by atoms with van der Waals surface area (Å²) in [5.41, 5.74) is 8.76. The standard InChI is InChI=1S/C66H50/c1-9-25-51-43(17-1)33-44-18-2-10-26-52(44)59(51)63-37-64(60-53-27-11-3-19-45(53)34-46-20-4-12-28-54(46)60)40-65(38-63,61-55-29-13-5-21-47(55)35-48-22-6-14-30-56(48)61)42-66(39-63,41-64)62-57-31-15-7-23-49(57)36-50-24-8-16-32-58(50)62/h1-7,9-23,25-36H,8,24,37-42H2. The Morgan fingerprint density at radius 2 is 0.530 bits per heavy atom. The molecule has 0 heterocycles. The summed E-state index contributed by atoms with van der Waals surface area (Å²) in [4.78, 5) is 0. The highest BCUT2D eigenvalue weighted by Crippen LogP contribution is 2.77. The largest absolute Gasteiger partial charge is 0.0836 e. The van der Waals surface area contributed by atoms with E-state index in [9.17, 15) is 0 Å². The van der Waals surface area contributed by atoms with Crippen molar-refractivity contribution in [3.63, 3.8) is 0 Å². The molecule has 0 heteroatoms. The van der Waals surface area contributed by atoms with Gasteiger partial charge in [0.05, 0.1) is 0 Å². The van der Waals surface area contributed by atoms with Crippen molar-refractivity contribution in [3.05, 3.63) is 234 Å². The Morgan fingerprint density at radius 1 is 0.273 bits per heavy atom. The number of fused-ring (bicyclic) bond motifs is 8. The minimum absolute atomic E-state index is 0.157. The number of rotatable bonds is 4. The topological polar surface area (TPSA) is 0 Å². The molecule has 11 aromatic carbocycles. The van der Waals surface area contributed by atoms with Crippen LogP contribution in [0.4, 0.5) is 0 Å². The van der Waals surface area contributed by atoms with E-state index in [-0.39, 0.29) is 21.7 Å². The van der Waals surface area contributed by atoms with Crippen LogP contribution >= 0.6 is 0 Å². The summed E-state index contributed by atoms with van der Waals surface area (Å²) < 4.78 is 0. The molecule has 4 saturated carbocycles. The van der Waals surface area contributed by atoms with Gasteiger partial charge >= 0.3 is 0 Å². The third-order valence-corrected chi connectivity index (χ3v) is 17.5. The van der Waals surface area contributed by atoms with Crippen molar-refractivity contribution >= 4 is 81.5 Å². The number of aryl methyl sites for hydroxylation is 1. The average molecular weight is 843 g/mol. The van der Waals surface area contributed by atoms with Crippen molar-refractivity contribution in [2.24, 2.45) is 0 Å². The predicted molar refractivity (Wildman–Crippen MR) is 280 cm³/mol. The van der Waals surface area contributed by atoms with Crippen LogP contribution in [0, 0.1) is 0 Å². The van der Waals surface area contributed by atoms with Crippen LogP contribution in [-0.2, 0) is 28.1 Å². The predicted octanol–water partition coefficient (Wildman–Crippen LogP) is 17.2. The van der Waals surface area contributed by atoms with Crippen molar-refractivity contribution in [2.45, 2.75) is 73.0 Å². The van der Waals surface area contributed by atoms with Crippen LogP contribution in [0.3, 0.4) is 0 Å². The van der Waals surface area contributed by atoms with Gasteiger partial charge < -0.3 is 0 Å². The number of benzene rings is 11. The normalized spacial score (nSPS) is 24.4. The highest BCUT2D eigenvalue weighted by Gasteiger charge is 2.71. The van der Waals surface area contributed by atoms with Crippen molar-refractivity contribution in [1.29, 1.82) is 0 Å². The van der Waals surface area contributed by atoms with Crippen LogP contribution in [0.15, 0.2) is 200 Å². The van der Waals surface area contributed by atoms with E-state index in [1.165, 1.54) is 86.5 Å². The maximum atomic E-state index is 2.55. The summed E-state index contributed by atoms with van der Waals surface area (Å²) in [6.07, 6.45) is 14.0. The van der Waals surface area contributed by atoms with E-state index >= 15 is 0 Å². The summed E-state index contributed by atoms with van der Waals surface area (Å²) in [6.45, 7) is 0. The van der Waals surface area contributed by atoms with Gasteiger partial charge in [0.15, 0.2) is 0 Å². The minimum atomic E-state index is -0.173. The molecule has 5 aliphatic rings. The zero-order valence-corrected chi connectivity index (χ0v) is 37.3. The van der Waals surface area contributed by atoms with E-state index in [1.807, 2.05) is 0 Å². The summed E-state index contributed by atoms with van der Waals surface area (Å²) >= 11 is 0. The van der Waals surface area contributed by atoms with Crippen molar-refractivity contribution in [3.8, 4) is 0 Å². The number of hydrogen-bond donors (Lipinski definition) is 0. The lowest BCUT2D eigenvalue weighted by Gasteiger charge is -2.72. The van der Waals surface area contributed by atoms with Crippen molar-refractivity contribution in [1.82, 2.24) is 0 Å². The van der Waals surface area contributed by atoms with E-state index in [0.717, 1.165) is 51.4 Å². The molecule has 4 fully saturated rings. The molecule has 0 nitrogen and oxygen atoms in total. The van der Waals surface area contributed by atoms with Crippen LogP contribution in [0.25, 0.3) is 81.5 Å². The second-order valence-corrected chi connectivity index (χ2v) is 21.3. The van der Waals surface area contributed by atoms with Gasteiger partial charge in [-0.15, -0.1) is 0 Å². The Labute approximate surface area is 386 Å². The van der Waals surface area contributed by atoms with E-state index in [4.69, 9.17) is 0 Å². The molecule has 314 valence electrons. The Kier molecular flexibility index (Phi) is 7.50. The van der Waals surface area contributed by atoms with Gasteiger partial charge in [0.1, 0.15) is 0 Å². The van der Waals surface area contributed by atoms with Crippen LogP contribution in [0.2, 0.25) is 0 Å². The highest BCUT2D eigenvalue weighted by molar-refractivity contribution is 6.07. The summed E-state index contributed by atoms with van der Waals surface area (Å²) in [7, 11) is 0. The Bertz CT molecular complexity index is 3420. The quantitative estimate of drug-likeness (QED) is 0.155. The van der Waals surface area contributed by atoms with Gasteiger partial charge in [0, 0.05) is 0 Å². The van der Waals surface area contributed by atoms with Gasteiger partial charge in [-0.25, -0.2) is 0 Å².